The van der Waals surface area contributed by atoms with Crippen molar-refractivity contribution in [3.63, 3.8) is 0 Å². The molecule has 4 aromatic rings. The summed E-state index contributed by atoms with van der Waals surface area (Å²) < 4.78 is 20.4. The van der Waals surface area contributed by atoms with Crippen LogP contribution >= 0.6 is 50.4 Å². The van der Waals surface area contributed by atoms with Crippen molar-refractivity contribution in [3.05, 3.63) is 57.5 Å². The third kappa shape index (κ3) is 4.92. The zero-order valence-corrected chi connectivity index (χ0v) is 17.6. The molecule has 0 unspecified atom stereocenters. The number of nitrogens with zero attached hydrogens (tertiary/aromatic N) is 4. The predicted octanol–water partition coefficient (Wildman–Crippen LogP) is 5.46. The van der Waals surface area contributed by atoms with Crippen LogP contribution in [0.25, 0.3) is 10.8 Å². The summed E-state index contributed by atoms with van der Waals surface area (Å²) in [5.74, 6) is 1.33. The van der Waals surface area contributed by atoms with Gasteiger partial charge in [0.15, 0.2) is 4.34 Å². The standard InChI is InChI=1S/C16H11BrFN5OS3/c17-12-6-5-11(26-12)14-21-20-13(24-14)8-25-16-23-22-15(27-16)19-7-9-1-3-10(18)4-2-9/h1-6H,7-8H2,(H,19,22). The minimum atomic E-state index is -0.246. The van der Waals surface area contributed by atoms with Crippen molar-refractivity contribution in [2.24, 2.45) is 0 Å². The summed E-state index contributed by atoms with van der Waals surface area (Å²) in [4.78, 5) is 0.925. The maximum atomic E-state index is 12.9. The van der Waals surface area contributed by atoms with Gasteiger partial charge in [0.05, 0.1) is 14.4 Å². The number of hydrogen-bond acceptors (Lipinski definition) is 9. The van der Waals surface area contributed by atoms with Crippen LogP contribution in [0, 0.1) is 5.82 Å². The summed E-state index contributed by atoms with van der Waals surface area (Å²) in [5, 5.41) is 20.3. The van der Waals surface area contributed by atoms with E-state index in [0.29, 0.717) is 29.2 Å². The van der Waals surface area contributed by atoms with Gasteiger partial charge in [-0.15, -0.1) is 31.7 Å². The van der Waals surface area contributed by atoms with Gasteiger partial charge in [-0.2, -0.15) is 0 Å². The molecule has 0 spiro atoms. The summed E-state index contributed by atoms with van der Waals surface area (Å²) in [5.41, 5.74) is 0.972. The lowest BCUT2D eigenvalue weighted by atomic mass is 10.2. The molecule has 0 fully saturated rings. The number of thioether (sulfide) groups is 1. The van der Waals surface area contributed by atoms with E-state index in [9.17, 15) is 4.39 Å². The van der Waals surface area contributed by atoms with E-state index in [2.05, 4.69) is 41.6 Å². The topological polar surface area (TPSA) is 76.7 Å². The summed E-state index contributed by atoms with van der Waals surface area (Å²) in [6.07, 6.45) is 0. The first-order valence-corrected chi connectivity index (χ1v) is 11.1. The molecule has 3 heterocycles. The van der Waals surface area contributed by atoms with E-state index in [0.717, 1.165) is 18.6 Å². The van der Waals surface area contributed by atoms with Crippen LogP contribution in [0.5, 0.6) is 0 Å². The van der Waals surface area contributed by atoms with Crippen LogP contribution in [0.15, 0.2) is 48.9 Å². The monoisotopic (exact) mass is 483 g/mol. The number of halogens is 2. The van der Waals surface area contributed by atoms with Crippen molar-refractivity contribution in [2.75, 3.05) is 5.32 Å². The van der Waals surface area contributed by atoms with Gasteiger partial charge >= 0.3 is 0 Å². The molecule has 0 saturated heterocycles. The van der Waals surface area contributed by atoms with Crippen molar-refractivity contribution in [1.82, 2.24) is 20.4 Å². The first-order chi connectivity index (χ1) is 13.2. The average molecular weight is 484 g/mol. The first-order valence-electron chi connectivity index (χ1n) is 7.68. The molecule has 138 valence electrons. The minimum Gasteiger partial charge on any atom is -0.419 e. The largest absolute Gasteiger partial charge is 0.419 e. The molecule has 0 radical (unpaired) electrons. The lowest BCUT2D eigenvalue weighted by molar-refractivity contribution is 0.529. The second-order valence-electron chi connectivity index (χ2n) is 5.25. The number of nitrogens with one attached hydrogen (secondary N) is 1. The van der Waals surface area contributed by atoms with Crippen LogP contribution in [0.2, 0.25) is 0 Å². The summed E-state index contributed by atoms with van der Waals surface area (Å²) in [6, 6.07) is 10.2. The molecule has 6 nitrogen and oxygen atoms in total. The van der Waals surface area contributed by atoms with E-state index in [1.165, 1.54) is 35.2 Å². The van der Waals surface area contributed by atoms with Gasteiger partial charge in [-0.3, -0.25) is 0 Å². The molecular weight excluding hydrogens is 473 g/mol. The number of anilines is 1. The highest BCUT2D eigenvalue weighted by molar-refractivity contribution is 9.11. The van der Waals surface area contributed by atoms with Gasteiger partial charge in [0, 0.05) is 6.54 Å². The molecule has 4 rings (SSSR count). The fraction of sp³-hybridized carbons (Fsp3) is 0.125. The van der Waals surface area contributed by atoms with Crippen LogP contribution in [-0.2, 0) is 12.3 Å². The maximum Gasteiger partial charge on any atom is 0.257 e. The van der Waals surface area contributed by atoms with Crippen LogP contribution in [0.1, 0.15) is 11.5 Å². The SMILES string of the molecule is Fc1ccc(CNc2nnc(SCc3nnc(-c4ccc(Br)s4)o3)s2)cc1. The number of rotatable bonds is 7. The third-order valence-corrected chi connectivity index (χ3v) is 6.94. The van der Waals surface area contributed by atoms with Gasteiger partial charge in [0.1, 0.15) is 5.82 Å². The van der Waals surface area contributed by atoms with Crippen LogP contribution in [-0.4, -0.2) is 20.4 Å². The van der Waals surface area contributed by atoms with Gasteiger partial charge in [-0.05, 0) is 45.8 Å². The third-order valence-electron chi connectivity index (χ3n) is 3.33. The van der Waals surface area contributed by atoms with E-state index in [1.807, 2.05) is 12.1 Å². The molecule has 0 aliphatic rings. The zero-order valence-electron chi connectivity index (χ0n) is 13.6. The van der Waals surface area contributed by atoms with Crippen LogP contribution < -0.4 is 5.32 Å². The normalized spacial score (nSPS) is 11.0. The Kier molecular flexibility index (Phi) is 5.81. The average Bonchev–Trinajstić information content (AvgIpc) is 3.40. The Morgan fingerprint density at radius 2 is 1.89 bits per heavy atom. The minimum absolute atomic E-state index is 0.246. The Morgan fingerprint density at radius 3 is 2.67 bits per heavy atom. The summed E-state index contributed by atoms with van der Waals surface area (Å²) >= 11 is 7.89. The lowest BCUT2D eigenvalue weighted by Gasteiger charge is -2.01. The van der Waals surface area contributed by atoms with Gasteiger partial charge in [-0.25, -0.2) is 4.39 Å². The Hall–Kier alpha value is -1.82. The fourth-order valence-corrected chi connectivity index (χ4v) is 4.98. The van der Waals surface area contributed by atoms with Crippen molar-refractivity contribution >= 4 is 55.5 Å². The second-order valence-corrected chi connectivity index (χ2v) is 9.91. The van der Waals surface area contributed by atoms with E-state index < -0.39 is 0 Å². The Balaban J connectivity index is 1.30. The number of benzene rings is 1. The quantitative estimate of drug-likeness (QED) is 0.349. The summed E-state index contributed by atoms with van der Waals surface area (Å²) in [6.45, 7) is 0.559. The molecular formula is C16H11BrFN5OS3. The summed E-state index contributed by atoms with van der Waals surface area (Å²) in [7, 11) is 0. The Morgan fingerprint density at radius 1 is 1.04 bits per heavy atom. The highest BCUT2D eigenvalue weighted by Crippen LogP contribution is 2.32. The van der Waals surface area contributed by atoms with E-state index in [-0.39, 0.29) is 5.82 Å². The van der Waals surface area contributed by atoms with Crippen molar-refractivity contribution < 1.29 is 8.81 Å². The predicted molar refractivity (Wildman–Crippen MR) is 109 cm³/mol. The Labute approximate surface area is 174 Å². The molecule has 0 saturated carbocycles. The maximum absolute atomic E-state index is 12.9. The second kappa shape index (κ2) is 8.46. The zero-order chi connectivity index (χ0) is 18.6. The Bertz CT molecular complexity index is 1030. The van der Waals surface area contributed by atoms with Crippen molar-refractivity contribution in [2.45, 2.75) is 16.6 Å². The molecule has 1 aromatic carbocycles. The molecule has 11 heteroatoms. The van der Waals surface area contributed by atoms with Crippen molar-refractivity contribution in [1.29, 1.82) is 0 Å². The van der Waals surface area contributed by atoms with Crippen molar-refractivity contribution in [3.8, 4) is 10.8 Å². The molecule has 0 bridgehead atoms. The van der Waals surface area contributed by atoms with E-state index >= 15 is 0 Å². The molecule has 0 aliphatic heterocycles. The molecule has 3 aromatic heterocycles. The molecule has 0 atom stereocenters. The number of thiophene rings is 1. The molecule has 27 heavy (non-hydrogen) atoms. The van der Waals surface area contributed by atoms with Crippen LogP contribution in [0.4, 0.5) is 9.52 Å². The number of hydrogen-bond donors (Lipinski definition) is 1. The molecule has 1 N–H and O–H groups in total. The van der Waals surface area contributed by atoms with Gasteiger partial charge in [-0.1, -0.05) is 35.2 Å². The van der Waals surface area contributed by atoms with Gasteiger partial charge < -0.3 is 9.73 Å². The first kappa shape index (κ1) is 18.5. The highest BCUT2D eigenvalue weighted by Gasteiger charge is 2.12. The highest BCUT2D eigenvalue weighted by atomic mass is 79.9. The number of aromatic nitrogens is 4. The van der Waals surface area contributed by atoms with Gasteiger partial charge in [0.25, 0.3) is 5.89 Å². The van der Waals surface area contributed by atoms with Gasteiger partial charge in [0.2, 0.25) is 11.0 Å². The molecule has 0 amide bonds. The molecule has 0 aliphatic carbocycles. The smallest absolute Gasteiger partial charge is 0.257 e. The van der Waals surface area contributed by atoms with Crippen LogP contribution in [0.3, 0.4) is 0 Å². The van der Waals surface area contributed by atoms with E-state index in [4.69, 9.17) is 4.42 Å². The van der Waals surface area contributed by atoms with E-state index in [1.54, 1.807) is 23.5 Å². The fourth-order valence-electron chi connectivity index (χ4n) is 2.08. The lowest BCUT2D eigenvalue weighted by Crippen LogP contribution is -1.98.